The lowest BCUT2D eigenvalue weighted by Gasteiger charge is -2.18. The zero-order valence-corrected chi connectivity index (χ0v) is 11.2. The maximum atomic E-state index is 12.1. The van der Waals surface area contributed by atoms with E-state index >= 15 is 0 Å². The Morgan fingerprint density at radius 2 is 2.33 bits per heavy atom. The molecule has 0 aliphatic heterocycles. The SMILES string of the molecule is Cn1cnc(N)c1S(=O)(=O)NCC1CC=CCC1. The number of nitrogens with two attached hydrogens (primary N) is 1. The molecule has 0 saturated carbocycles. The Labute approximate surface area is 107 Å². The molecule has 1 heterocycles. The van der Waals surface area contributed by atoms with Crippen LogP contribution >= 0.6 is 0 Å². The highest BCUT2D eigenvalue weighted by atomic mass is 32.2. The Morgan fingerprint density at radius 1 is 1.56 bits per heavy atom. The van der Waals surface area contributed by atoms with Crippen LogP contribution in [0.25, 0.3) is 0 Å². The van der Waals surface area contributed by atoms with Crippen molar-refractivity contribution in [2.45, 2.75) is 24.3 Å². The third-order valence-electron chi connectivity index (χ3n) is 3.10. The molecule has 0 radical (unpaired) electrons. The van der Waals surface area contributed by atoms with Gasteiger partial charge in [0.1, 0.15) is 0 Å². The normalized spacial score (nSPS) is 20.2. The van der Waals surface area contributed by atoms with E-state index in [2.05, 4.69) is 21.9 Å². The molecule has 0 saturated heterocycles. The van der Waals surface area contributed by atoms with Gasteiger partial charge in [-0.25, -0.2) is 18.1 Å². The van der Waals surface area contributed by atoms with Crippen molar-refractivity contribution in [3.05, 3.63) is 18.5 Å². The Kier molecular flexibility index (Phi) is 3.72. The molecule has 1 atom stereocenters. The van der Waals surface area contributed by atoms with Crippen molar-refractivity contribution in [2.24, 2.45) is 13.0 Å². The van der Waals surface area contributed by atoms with E-state index < -0.39 is 10.0 Å². The van der Waals surface area contributed by atoms with Crippen LogP contribution in [0.3, 0.4) is 0 Å². The summed E-state index contributed by atoms with van der Waals surface area (Å²) in [6.07, 6.45) is 8.57. The summed E-state index contributed by atoms with van der Waals surface area (Å²) in [6, 6.07) is 0. The highest BCUT2D eigenvalue weighted by Crippen LogP contribution is 2.19. The van der Waals surface area contributed by atoms with Gasteiger partial charge in [-0.3, -0.25) is 0 Å². The van der Waals surface area contributed by atoms with Gasteiger partial charge in [0.2, 0.25) is 0 Å². The van der Waals surface area contributed by atoms with Crippen molar-refractivity contribution in [1.29, 1.82) is 0 Å². The number of allylic oxidation sites excluding steroid dienone is 2. The number of nitrogens with zero attached hydrogens (tertiary/aromatic N) is 2. The van der Waals surface area contributed by atoms with Gasteiger partial charge in [-0.2, -0.15) is 0 Å². The summed E-state index contributed by atoms with van der Waals surface area (Å²) >= 11 is 0. The van der Waals surface area contributed by atoms with E-state index in [1.54, 1.807) is 7.05 Å². The van der Waals surface area contributed by atoms with Gasteiger partial charge in [-0.05, 0) is 25.2 Å². The Hall–Kier alpha value is -1.34. The number of hydrogen-bond donors (Lipinski definition) is 2. The maximum Gasteiger partial charge on any atom is 0.260 e. The lowest BCUT2D eigenvalue weighted by molar-refractivity contribution is 0.467. The zero-order chi connectivity index (χ0) is 13.2. The number of hydrogen-bond acceptors (Lipinski definition) is 4. The van der Waals surface area contributed by atoms with Gasteiger partial charge in [-0.1, -0.05) is 12.2 Å². The van der Waals surface area contributed by atoms with E-state index in [0.29, 0.717) is 12.5 Å². The van der Waals surface area contributed by atoms with Crippen LogP contribution in [0.4, 0.5) is 5.82 Å². The van der Waals surface area contributed by atoms with Crippen molar-refractivity contribution in [1.82, 2.24) is 14.3 Å². The van der Waals surface area contributed by atoms with Crippen molar-refractivity contribution >= 4 is 15.8 Å². The van der Waals surface area contributed by atoms with Crippen molar-refractivity contribution in [3.8, 4) is 0 Å². The van der Waals surface area contributed by atoms with Crippen LogP contribution in [0.15, 0.2) is 23.5 Å². The van der Waals surface area contributed by atoms with E-state index in [1.807, 2.05) is 0 Å². The number of aromatic nitrogens is 2. The Balaban J connectivity index is 2.06. The lowest BCUT2D eigenvalue weighted by Crippen LogP contribution is -2.31. The van der Waals surface area contributed by atoms with Gasteiger partial charge in [0, 0.05) is 13.6 Å². The number of rotatable bonds is 4. The van der Waals surface area contributed by atoms with Crippen molar-refractivity contribution < 1.29 is 8.42 Å². The average molecular weight is 270 g/mol. The number of nitrogen functional groups attached to an aromatic ring is 1. The largest absolute Gasteiger partial charge is 0.381 e. The molecular formula is C11H18N4O2S. The van der Waals surface area contributed by atoms with Gasteiger partial charge in [0.15, 0.2) is 10.8 Å². The van der Waals surface area contributed by atoms with Crippen LogP contribution < -0.4 is 10.5 Å². The second kappa shape index (κ2) is 5.11. The summed E-state index contributed by atoms with van der Waals surface area (Å²) < 4.78 is 28.2. The summed E-state index contributed by atoms with van der Waals surface area (Å²) in [6.45, 7) is 0.442. The summed E-state index contributed by atoms with van der Waals surface area (Å²) in [5.74, 6) is 0.396. The number of aryl methyl sites for hydroxylation is 1. The minimum absolute atomic E-state index is 0.0357. The first-order valence-electron chi connectivity index (χ1n) is 5.92. The molecule has 1 aromatic heterocycles. The van der Waals surface area contributed by atoms with Crippen LogP contribution in [0.2, 0.25) is 0 Å². The molecule has 100 valence electrons. The number of anilines is 1. The molecule has 1 unspecified atom stereocenters. The van der Waals surface area contributed by atoms with Gasteiger partial charge in [0.25, 0.3) is 10.0 Å². The Bertz CT molecular complexity index is 528. The van der Waals surface area contributed by atoms with Gasteiger partial charge >= 0.3 is 0 Å². The summed E-state index contributed by atoms with van der Waals surface area (Å²) in [5.41, 5.74) is 5.57. The molecule has 3 N–H and O–H groups in total. The second-order valence-electron chi connectivity index (χ2n) is 4.55. The van der Waals surface area contributed by atoms with Gasteiger partial charge in [-0.15, -0.1) is 0 Å². The Morgan fingerprint density at radius 3 is 2.89 bits per heavy atom. The lowest BCUT2D eigenvalue weighted by atomic mass is 9.95. The van der Waals surface area contributed by atoms with Crippen molar-refractivity contribution in [2.75, 3.05) is 12.3 Å². The molecule has 0 aromatic carbocycles. The van der Waals surface area contributed by atoms with Crippen molar-refractivity contribution in [3.63, 3.8) is 0 Å². The smallest absolute Gasteiger partial charge is 0.260 e. The van der Waals surface area contributed by atoms with Gasteiger partial charge in [0.05, 0.1) is 6.33 Å². The molecule has 18 heavy (non-hydrogen) atoms. The summed E-state index contributed by atoms with van der Waals surface area (Å²) in [5, 5.41) is 0.0360. The second-order valence-corrected chi connectivity index (χ2v) is 6.23. The zero-order valence-electron chi connectivity index (χ0n) is 10.3. The molecule has 0 amide bonds. The minimum atomic E-state index is -3.58. The highest BCUT2D eigenvalue weighted by Gasteiger charge is 2.23. The minimum Gasteiger partial charge on any atom is -0.381 e. The summed E-state index contributed by atoms with van der Waals surface area (Å²) in [7, 11) is -1.96. The molecule has 1 aromatic rings. The van der Waals surface area contributed by atoms with Crippen LogP contribution in [0, 0.1) is 5.92 Å². The molecule has 1 aliphatic carbocycles. The highest BCUT2D eigenvalue weighted by molar-refractivity contribution is 7.89. The van der Waals surface area contributed by atoms with E-state index in [1.165, 1.54) is 10.9 Å². The van der Waals surface area contributed by atoms with E-state index in [9.17, 15) is 8.42 Å². The fraction of sp³-hybridized carbons (Fsp3) is 0.545. The monoisotopic (exact) mass is 270 g/mol. The van der Waals surface area contributed by atoms with Crippen LogP contribution in [0.1, 0.15) is 19.3 Å². The molecule has 0 fully saturated rings. The number of imidazole rings is 1. The quantitative estimate of drug-likeness (QED) is 0.785. The average Bonchev–Trinajstić information content (AvgIpc) is 2.69. The van der Waals surface area contributed by atoms with E-state index in [0.717, 1.165) is 19.3 Å². The first kappa shape index (κ1) is 13.1. The van der Waals surface area contributed by atoms with Crippen LogP contribution in [0.5, 0.6) is 0 Å². The first-order chi connectivity index (χ1) is 8.50. The number of nitrogens with one attached hydrogen (secondary N) is 1. The van der Waals surface area contributed by atoms with Crippen LogP contribution in [-0.4, -0.2) is 24.5 Å². The standard InChI is InChI=1S/C11H18N4O2S/c1-15-8-13-10(12)11(15)18(16,17)14-7-9-5-3-2-4-6-9/h2-3,8-9,14H,4-7,12H2,1H3. The van der Waals surface area contributed by atoms with Gasteiger partial charge < -0.3 is 10.3 Å². The van der Waals surface area contributed by atoms with E-state index in [-0.39, 0.29) is 10.8 Å². The molecular weight excluding hydrogens is 252 g/mol. The summed E-state index contributed by atoms with van der Waals surface area (Å²) in [4.78, 5) is 3.79. The topological polar surface area (TPSA) is 90.0 Å². The first-order valence-corrected chi connectivity index (χ1v) is 7.40. The fourth-order valence-corrected chi connectivity index (χ4v) is 3.45. The predicted molar refractivity (Wildman–Crippen MR) is 69.3 cm³/mol. The fourth-order valence-electron chi connectivity index (χ4n) is 2.10. The van der Waals surface area contributed by atoms with Crippen LogP contribution in [-0.2, 0) is 17.1 Å². The number of sulfonamides is 1. The molecule has 6 nitrogen and oxygen atoms in total. The molecule has 1 aliphatic rings. The molecule has 2 rings (SSSR count). The maximum absolute atomic E-state index is 12.1. The molecule has 7 heteroatoms. The third kappa shape index (κ3) is 2.73. The molecule has 0 bridgehead atoms. The predicted octanol–water partition coefficient (Wildman–Crippen LogP) is 0.637. The van der Waals surface area contributed by atoms with E-state index in [4.69, 9.17) is 5.73 Å². The molecule has 0 spiro atoms. The third-order valence-corrected chi connectivity index (χ3v) is 4.66.